The van der Waals surface area contributed by atoms with E-state index in [2.05, 4.69) is 12.1 Å². The summed E-state index contributed by atoms with van der Waals surface area (Å²) < 4.78 is 4.77. The van der Waals surface area contributed by atoms with E-state index >= 15 is 0 Å². The lowest BCUT2D eigenvalue weighted by Gasteiger charge is -2.11. The van der Waals surface area contributed by atoms with Crippen LogP contribution in [-0.4, -0.2) is 13.1 Å². The fraction of sp³-hybridized carbons (Fsp3) is 0.188. The molecule has 2 rings (SSSR count). The molecular formula is C16H16O2. The standard InChI is InChI=1S/C16H16O2/c1-12(16(17)18-2)14-9-6-10-15(11-14)13-7-4-3-5-8-13/h3-12H,1-2H3. The third kappa shape index (κ3) is 2.59. The molecule has 0 fully saturated rings. The fourth-order valence-electron chi connectivity index (χ4n) is 1.93. The van der Waals surface area contributed by atoms with Crippen LogP contribution in [0.15, 0.2) is 54.6 Å². The monoisotopic (exact) mass is 240 g/mol. The largest absolute Gasteiger partial charge is 0.469 e. The minimum Gasteiger partial charge on any atom is -0.469 e. The first-order valence-corrected chi connectivity index (χ1v) is 5.95. The van der Waals surface area contributed by atoms with Gasteiger partial charge >= 0.3 is 5.97 Å². The van der Waals surface area contributed by atoms with Crippen LogP contribution in [0.4, 0.5) is 0 Å². The van der Waals surface area contributed by atoms with E-state index in [-0.39, 0.29) is 11.9 Å². The van der Waals surface area contributed by atoms with Crippen LogP contribution in [0.25, 0.3) is 11.1 Å². The number of hydrogen-bond donors (Lipinski definition) is 0. The predicted octanol–water partition coefficient (Wildman–Crippen LogP) is 3.63. The zero-order chi connectivity index (χ0) is 13.0. The number of ether oxygens (including phenoxy) is 1. The van der Waals surface area contributed by atoms with Crippen molar-refractivity contribution < 1.29 is 9.53 Å². The zero-order valence-corrected chi connectivity index (χ0v) is 10.6. The van der Waals surface area contributed by atoms with Crippen molar-refractivity contribution in [1.82, 2.24) is 0 Å². The van der Waals surface area contributed by atoms with Gasteiger partial charge in [0, 0.05) is 0 Å². The SMILES string of the molecule is COC(=O)C(C)c1cccc(-c2ccccc2)c1. The maximum atomic E-state index is 11.5. The van der Waals surface area contributed by atoms with Crippen molar-refractivity contribution in [3.05, 3.63) is 60.2 Å². The van der Waals surface area contributed by atoms with E-state index in [0.717, 1.165) is 16.7 Å². The van der Waals surface area contributed by atoms with Crippen LogP contribution >= 0.6 is 0 Å². The highest BCUT2D eigenvalue weighted by atomic mass is 16.5. The molecule has 0 aliphatic carbocycles. The second-order valence-electron chi connectivity index (χ2n) is 4.24. The molecule has 0 spiro atoms. The van der Waals surface area contributed by atoms with Crippen molar-refractivity contribution >= 4 is 5.97 Å². The molecule has 0 saturated heterocycles. The maximum Gasteiger partial charge on any atom is 0.312 e. The lowest BCUT2D eigenvalue weighted by molar-refractivity contribution is -0.141. The molecule has 1 atom stereocenters. The maximum absolute atomic E-state index is 11.5. The molecule has 0 aliphatic heterocycles. The van der Waals surface area contributed by atoms with Gasteiger partial charge in [-0.3, -0.25) is 4.79 Å². The highest BCUT2D eigenvalue weighted by Gasteiger charge is 2.15. The molecule has 18 heavy (non-hydrogen) atoms. The van der Waals surface area contributed by atoms with Gasteiger partial charge in [-0.2, -0.15) is 0 Å². The summed E-state index contributed by atoms with van der Waals surface area (Å²) in [4.78, 5) is 11.5. The molecule has 0 bridgehead atoms. The Kier molecular flexibility index (Phi) is 3.78. The minimum atomic E-state index is -0.237. The predicted molar refractivity (Wildman–Crippen MR) is 72.3 cm³/mol. The van der Waals surface area contributed by atoms with E-state index in [1.54, 1.807) is 0 Å². The molecule has 92 valence electrons. The van der Waals surface area contributed by atoms with Gasteiger partial charge in [0.1, 0.15) is 0 Å². The highest BCUT2D eigenvalue weighted by molar-refractivity contribution is 5.78. The Hall–Kier alpha value is -2.09. The number of rotatable bonds is 3. The van der Waals surface area contributed by atoms with Crippen LogP contribution in [0.2, 0.25) is 0 Å². The lowest BCUT2D eigenvalue weighted by Crippen LogP contribution is -2.10. The Labute approximate surface area is 107 Å². The van der Waals surface area contributed by atoms with E-state index in [1.165, 1.54) is 7.11 Å². The molecule has 2 heteroatoms. The Balaban J connectivity index is 2.34. The molecule has 0 radical (unpaired) electrons. The fourth-order valence-corrected chi connectivity index (χ4v) is 1.93. The van der Waals surface area contributed by atoms with Crippen LogP contribution in [0.5, 0.6) is 0 Å². The average molecular weight is 240 g/mol. The van der Waals surface area contributed by atoms with Crippen molar-refractivity contribution in [2.24, 2.45) is 0 Å². The first-order chi connectivity index (χ1) is 8.72. The van der Waals surface area contributed by atoms with Gasteiger partial charge in [-0.05, 0) is 23.6 Å². The van der Waals surface area contributed by atoms with E-state index in [0.29, 0.717) is 0 Å². The molecule has 1 unspecified atom stereocenters. The number of carbonyl (C=O) groups is 1. The summed E-state index contributed by atoms with van der Waals surface area (Å²) in [6.45, 7) is 1.86. The lowest BCUT2D eigenvalue weighted by atomic mass is 9.96. The summed E-state index contributed by atoms with van der Waals surface area (Å²) in [5.41, 5.74) is 3.24. The van der Waals surface area contributed by atoms with Gasteiger partial charge in [-0.25, -0.2) is 0 Å². The van der Waals surface area contributed by atoms with Crippen molar-refractivity contribution in [3.8, 4) is 11.1 Å². The number of hydrogen-bond acceptors (Lipinski definition) is 2. The van der Waals surface area contributed by atoms with Gasteiger partial charge in [-0.15, -0.1) is 0 Å². The van der Waals surface area contributed by atoms with Crippen molar-refractivity contribution in [3.63, 3.8) is 0 Å². The molecule has 0 N–H and O–H groups in total. The van der Waals surface area contributed by atoms with Crippen molar-refractivity contribution in [2.75, 3.05) is 7.11 Å². The Morgan fingerprint density at radius 1 is 1.00 bits per heavy atom. The summed E-state index contributed by atoms with van der Waals surface area (Å²) in [6, 6.07) is 18.1. The molecular weight excluding hydrogens is 224 g/mol. The molecule has 0 aromatic heterocycles. The minimum absolute atomic E-state index is 0.208. The number of methoxy groups -OCH3 is 1. The van der Waals surface area contributed by atoms with Gasteiger partial charge in [0.2, 0.25) is 0 Å². The Bertz CT molecular complexity index is 532. The molecule has 0 heterocycles. The second kappa shape index (κ2) is 5.50. The molecule has 2 aromatic rings. The molecule has 0 saturated carbocycles. The van der Waals surface area contributed by atoms with Crippen LogP contribution in [0.3, 0.4) is 0 Å². The van der Waals surface area contributed by atoms with Gasteiger partial charge in [0.15, 0.2) is 0 Å². The van der Waals surface area contributed by atoms with Crippen LogP contribution in [0.1, 0.15) is 18.4 Å². The van der Waals surface area contributed by atoms with E-state index < -0.39 is 0 Å². The van der Waals surface area contributed by atoms with Gasteiger partial charge in [0.25, 0.3) is 0 Å². The molecule has 2 aromatic carbocycles. The topological polar surface area (TPSA) is 26.3 Å². The summed E-state index contributed by atoms with van der Waals surface area (Å²) in [5.74, 6) is -0.445. The van der Waals surface area contributed by atoms with E-state index in [9.17, 15) is 4.79 Å². The Morgan fingerprint density at radius 2 is 1.67 bits per heavy atom. The smallest absolute Gasteiger partial charge is 0.312 e. The quantitative estimate of drug-likeness (QED) is 0.766. The van der Waals surface area contributed by atoms with Crippen LogP contribution in [-0.2, 0) is 9.53 Å². The van der Waals surface area contributed by atoms with Crippen molar-refractivity contribution in [2.45, 2.75) is 12.8 Å². The van der Waals surface area contributed by atoms with Gasteiger partial charge < -0.3 is 4.74 Å². The zero-order valence-electron chi connectivity index (χ0n) is 10.6. The van der Waals surface area contributed by atoms with Gasteiger partial charge in [-0.1, -0.05) is 54.6 Å². The van der Waals surface area contributed by atoms with Crippen molar-refractivity contribution in [1.29, 1.82) is 0 Å². The third-order valence-electron chi connectivity index (χ3n) is 3.05. The third-order valence-corrected chi connectivity index (χ3v) is 3.05. The summed E-state index contributed by atoms with van der Waals surface area (Å²) in [5, 5.41) is 0. The molecule has 0 aliphatic rings. The average Bonchev–Trinajstić information content (AvgIpc) is 2.46. The number of carbonyl (C=O) groups excluding carboxylic acids is 1. The second-order valence-corrected chi connectivity index (χ2v) is 4.24. The first kappa shape index (κ1) is 12.4. The normalized spacial score (nSPS) is 11.9. The summed E-state index contributed by atoms with van der Waals surface area (Å²) >= 11 is 0. The van der Waals surface area contributed by atoms with Crippen LogP contribution in [0, 0.1) is 0 Å². The molecule has 0 amide bonds. The van der Waals surface area contributed by atoms with E-state index in [1.807, 2.05) is 49.4 Å². The molecule has 2 nitrogen and oxygen atoms in total. The van der Waals surface area contributed by atoms with Crippen LogP contribution < -0.4 is 0 Å². The first-order valence-electron chi connectivity index (χ1n) is 5.95. The highest BCUT2D eigenvalue weighted by Crippen LogP contribution is 2.24. The number of benzene rings is 2. The number of esters is 1. The Morgan fingerprint density at radius 3 is 2.33 bits per heavy atom. The summed E-state index contributed by atoms with van der Waals surface area (Å²) in [6.07, 6.45) is 0. The van der Waals surface area contributed by atoms with E-state index in [4.69, 9.17) is 4.74 Å². The van der Waals surface area contributed by atoms with Gasteiger partial charge in [0.05, 0.1) is 13.0 Å². The summed E-state index contributed by atoms with van der Waals surface area (Å²) in [7, 11) is 1.42.